The van der Waals surface area contributed by atoms with E-state index in [2.05, 4.69) is 22.8 Å². The fourth-order valence-corrected chi connectivity index (χ4v) is 3.15. The lowest BCUT2D eigenvalue weighted by Gasteiger charge is -2.19. The van der Waals surface area contributed by atoms with E-state index >= 15 is 0 Å². The molecular weight excluding hydrogens is 298 g/mol. The number of carboxylic acid groups (broad SMARTS) is 1. The summed E-state index contributed by atoms with van der Waals surface area (Å²) in [6, 6.07) is 8.26. The lowest BCUT2D eigenvalue weighted by Crippen LogP contribution is -2.38. The number of benzene rings is 1. The minimum absolute atomic E-state index is 0.0890. The molecule has 118 valence electrons. The van der Waals surface area contributed by atoms with E-state index in [4.69, 9.17) is 5.11 Å². The molecule has 2 rings (SSSR count). The number of fused-ring (bicyclic) bond motifs is 1. The van der Waals surface area contributed by atoms with Gasteiger partial charge in [-0.1, -0.05) is 18.2 Å². The molecule has 0 radical (unpaired) electrons. The quantitative estimate of drug-likeness (QED) is 0.821. The minimum Gasteiger partial charge on any atom is -0.481 e. The highest BCUT2D eigenvalue weighted by molar-refractivity contribution is 7.17. The van der Waals surface area contributed by atoms with Gasteiger partial charge in [-0.05, 0) is 49.1 Å². The Labute approximate surface area is 134 Å². The number of nitrogens with one attached hydrogen (secondary N) is 1. The molecule has 1 amide bonds. The Bertz CT molecular complexity index is 675. The van der Waals surface area contributed by atoms with E-state index in [-0.39, 0.29) is 12.5 Å². The number of hydrogen-bond donors (Lipinski definition) is 2. The number of aryl methyl sites for hydroxylation is 1. The van der Waals surface area contributed by atoms with Gasteiger partial charge < -0.3 is 10.4 Å². The summed E-state index contributed by atoms with van der Waals surface area (Å²) in [5.41, 5.74) is 0.346. The molecule has 0 saturated heterocycles. The van der Waals surface area contributed by atoms with E-state index in [1.165, 1.54) is 15.6 Å². The second-order valence-corrected chi connectivity index (χ2v) is 6.99. The third-order valence-electron chi connectivity index (χ3n) is 3.72. The third-order valence-corrected chi connectivity index (χ3v) is 4.73. The van der Waals surface area contributed by atoms with Crippen LogP contribution in [0.5, 0.6) is 0 Å². The van der Waals surface area contributed by atoms with Crippen molar-refractivity contribution in [3.05, 3.63) is 35.2 Å². The van der Waals surface area contributed by atoms with E-state index < -0.39 is 11.4 Å². The molecule has 2 N–H and O–H groups in total. The zero-order valence-electron chi connectivity index (χ0n) is 12.9. The molecule has 0 bridgehead atoms. The molecule has 0 aliphatic rings. The lowest BCUT2D eigenvalue weighted by molar-refractivity contribution is -0.146. The SMILES string of the molecule is CC(C)(CNC(=O)CCCc1csc2ccccc12)C(=O)O. The fraction of sp³-hybridized carbons (Fsp3) is 0.412. The van der Waals surface area contributed by atoms with Crippen molar-refractivity contribution in [2.24, 2.45) is 5.41 Å². The topological polar surface area (TPSA) is 66.4 Å². The number of aliphatic carboxylic acids is 1. The second kappa shape index (κ2) is 6.92. The van der Waals surface area contributed by atoms with Gasteiger partial charge in [0, 0.05) is 17.7 Å². The summed E-state index contributed by atoms with van der Waals surface area (Å²) >= 11 is 1.72. The molecule has 4 nitrogen and oxygen atoms in total. The summed E-state index contributed by atoms with van der Waals surface area (Å²) in [5, 5.41) is 15.1. The Kier molecular flexibility index (Phi) is 5.19. The van der Waals surface area contributed by atoms with Crippen LogP contribution in [0.2, 0.25) is 0 Å². The van der Waals surface area contributed by atoms with Crippen molar-refractivity contribution in [3.8, 4) is 0 Å². The maximum absolute atomic E-state index is 11.8. The summed E-state index contributed by atoms with van der Waals surface area (Å²) in [4.78, 5) is 22.8. The molecule has 1 aromatic carbocycles. The van der Waals surface area contributed by atoms with Crippen molar-refractivity contribution in [2.45, 2.75) is 33.1 Å². The number of carbonyl (C=O) groups excluding carboxylic acids is 1. The Morgan fingerprint density at radius 2 is 2.00 bits per heavy atom. The highest BCUT2D eigenvalue weighted by atomic mass is 32.1. The molecule has 1 aromatic heterocycles. The van der Waals surface area contributed by atoms with Crippen LogP contribution in [-0.2, 0) is 16.0 Å². The van der Waals surface area contributed by atoms with Crippen molar-refractivity contribution in [1.82, 2.24) is 5.32 Å². The molecule has 1 heterocycles. The summed E-state index contributed by atoms with van der Waals surface area (Å²) < 4.78 is 1.27. The van der Waals surface area contributed by atoms with E-state index in [9.17, 15) is 9.59 Å². The molecule has 0 atom stereocenters. The van der Waals surface area contributed by atoms with Crippen LogP contribution in [0.25, 0.3) is 10.1 Å². The maximum Gasteiger partial charge on any atom is 0.310 e. The Morgan fingerprint density at radius 1 is 1.27 bits per heavy atom. The maximum atomic E-state index is 11.8. The van der Waals surface area contributed by atoms with E-state index in [0.29, 0.717) is 6.42 Å². The van der Waals surface area contributed by atoms with Gasteiger partial charge in [-0.2, -0.15) is 0 Å². The number of rotatable bonds is 7. The van der Waals surface area contributed by atoms with Gasteiger partial charge in [0.05, 0.1) is 5.41 Å². The van der Waals surface area contributed by atoms with Crippen molar-refractivity contribution < 1.29 is 14.7 Å². The molecule has 0 spiro atoms. The van der Waals surface area contributed by atoms with Crippen LogP contribution in [-0.4, -0.2) is 23.5 Å². The molecule has 0 unspecified atom stereocenters. The molecule has 5 heteroatoms. The first-order valence-corrected chi connectivity index (χ1v) is 8.23. The van der Waals surface area contributed by atoms with Gasteiger partial charge >= 0.3 is 5.97 Å². The second-order valence-electron chi connectivity index (χ2n) is 6.08. The Balaban J connectivity index is 1.79. The van der Waals surface area contributed by atoms with Crippen molar-refractivity contribution in [1.29, 1.82) is 0 Å². The zero-order chi connectivity index (χ0) is 16.2. The predicted octanol–water partition coefficient (Wildman–Crippen LogP) is 3.45. The first-order chi connectivity index (χ1) is 10.4. The van der Waals surface area contributed by atoms with Crippen LogP contribution in [0, 0.1) is 5.41 Å². The van der Waals surface area contributed by atoms with Gasteiger partial charge in [0.1, 0.15) is 0 Å². The molecule has 0 aliphatic heterocycles. The molecule has 0 aliphatic carbocycles. The van der Waals surface area contributed by atoms with Gasteiger partial charge in [-0.15, -0.1) is 11.3 Å². The highest BCUT2D eigenvalue weighted by Gasteiger charge is 2.27. The Hall–Kier alpha value is -1.88. The fourth-order valence-electron chi connectivity index (χ4n) is 2.15. The predicted molar refractivity (Wildman–Crippen MR) is 89.2 cm³/mol. The number of thiophene rings is 1. The minimum atomic E-state index is -0.931. The van der Waals surface area contributed by atoms with Crippen LogP contribution in [0.4, 0.5) is 0 Å². The monoisotopic (exact) mass is 319 g/mol. The molecule has 0 fully saturated rings. The van der Waals surface area contributed by atoms with Crippen LogP contribution in [0.1, 0.15) is 32.3 Å². The average Bonchev–Trinajstić information content (AvgIpc) is 2.89. The number of carboxylic acids is 1. The third kappa shape index (κ3) is 4.07. The van der Waals surface area contributed by atoms with Gasteiger partial charge in [-0.3, -0.25) is 9.59 Å². The molecule has 22 heavy (non-hydrogen) atoms. The van der Waals surface area contributed by atoms with Crippen molar-refractivity contribution in [3.63, 3.8) is 0 Å². The van der Waals surface area contributed by atoms with E-state index in [0.717, 1.165) is 12.8 Å². The van der Waals surface area contributed by atoms with E-state index in [1.807, 2.05) is 12.1 Å². The summed E-state index contributed by atoms with van der Waals surface area (Å²) in [6.07, 6.45) is 2.04. The number of carbonyl (C=O) groups is 2. The van der Waals surface area contributed by atoms with E-state index in [1.54, 1.807) is 25.2 Å². The van der Waals surface area contributed by atoms with Crippen LogP contribution < -0.4 is 5.32 Å². The number of amides is 1. The summed E-state index contributed by atoms with van der Waals surface area (Å²) in [6.45, 7) is 3.36. The number of hydrogen-bond acceptors (Lipinski definition) is 3. The molecule has 0 saturated carbocycles. The van der Waals surface area contributed by atoms with Crippen LogP contribution >= 0.6 is 11.3 Å². The molecular formula is C17H21NO3S. The first-order valence-electron chi connectivity index (χ1n) is 7.35. The van der Waals surface area contributed by atoms with Crippen molar-refractivity contribution in [2.75, 3.05) is 6.54 Å². The van der Waals surface area contributed by atoms with Gasteiger partial charge in [0.25, 0.3) is 0 Å². The van der Waals surface area contributed by atoms with Gasteiger partial charge in [-0.25, -0.2) is 0 Å². The molecule has 2 aromatic rings. The average molecular weight is 319 g/mol. The Morgan fingerprint density at radius 3 is 2.73 bits per heavy atom. The smallest absolute Gasteiger partial charge is 0.310 e. The normalized spacial score (nSPS) is 11.5. The van der Waals surface area contributed by atoms with Gasteiger partial charge in [0.15, 0.2) is 0 Å². The largest absolute Gasteiger partial charge is 0.481 e. The summed E-state index contributed by atoms with van der Waals surface area (Å²) in [7, 11) is 0. The van der Waals surface area contributed by atoms with Crippen LogP contribution in [0.15, 0.2) is 29.6 Å². The van der Waals surface area contributed by atoms with Gasteiger partial charge in [0.2, 0.25) is 5.91 Å². The van der Waals surface area contributed by atoms with Crippen LogP contribution in [0.3, 0.4) is 0 Å². The van der Waals surface area contributed by atoms with Crippen molar-refractivity contribution >= 4 is 33.3 Å². The lowest BCUT2D eigenvalue weighted by atomic mass is 9.94. The summed E-state index contributed by atoms with van der Waals surface area (Å²) in [5.74, 6) is -0.994. The zero-order valence-corrected chi connectivity index (χ0v) is 13.7. The standard InChI is InChI=1S/C17H21NO3S/c1-17(2,16(20)21)11-18-15(19)9-5-6-12-10-22-14-8-4-3-7-13(12)14/h3-4,7-8,10H,5-6,9,11H2,1-2H3,(H,18,19)(H,20,21). The highest BCUT2D eigenvalue weighted by Crippen LogP contribution is 2.26. The first kappa shape index (κ1) is 16.5.